The molecule has 21 heavy (non-hydrogen) atoms. The number of nitrogens with zero attached hydrogens (tertiary/aromatic N) is 1. The average molecular weight is 308 g/mol. The SMILES string of the molecule is CCCNCC1(CN2CCc3sccc3C2)CCCOC1. The molecule has 0 radical (unpaired) electrons. The molecule has 1 fully saturated rings. The molecule has 3 rings (SSSR count). The van der Waals surface area contributed by atoms with Crippen molar-refractivity contribution in [2.45, 2.75) is 39.2 Å². The van der Waals surface area contributed by atoms with Gasteiger partial charge in [0.15, 0.2) is 0 Å². The third-order valence-electron chi connectivity index (χ3n) is 4.78. The number of fused-ring (bicyclic) bond motifs is 1. The number of hydrogen-bond acceptors (Lipinski definition) is 4. The van der Waals surface area contributed by atoms with Crippen molar-refractivity contribution in [3.8, 4) is 0 Å². The van der Waals surface area contributed by atoms with E-state index in [9.17, 15) is 0 Å². The second-order valence-electron chi connectivity index (χ2n) is 6.66. The van der Waals surface area contributed by atoms with Gasteiger partial charge in [-0.05, 0) is 49.2 Å². The lowest BCUT2D eigenvalue weighted by Crippen LogP contribution is -2.50. The third-order valence-corrected chi connectivity index (χ3v) is 5.80. The van der Waals surface area contributed by atoms with Crippen molar-refractivity contribution in [2.75, 3.05) is 39.4 Å². The van der Waals surface area contributed by atoms with Gasteiger partial charge in [0.1, 0.15) is 0 Å². The Morgan fingerprint density at radius 3 is 3.24 bits per heavy atom. The highest BCUT2D eigenvalue weighted by molar-refractivity contribution is 7.10. The van der Waals surface area contributed by atoms with E-state index >= 15 is 0 Å². The standard InChI is InChI=1S/C17H28N2OS/c1-2-7-18-12-17(6-3-9-20-14-17)13-19-8-4-16-15(11-19)5-10-21-16/h5,10,18H,2-4,6-9,11-14H2,1H3. The van der Waals surface area contributed by atoms with Gasteiger partial charge in [-0.3, -0.25) is 4.90 Å². The molecule has 1 saturated heterocycles. The van der Waals surface area contributed by atoms with Crippen LogP contribution >= 0.6 is 11.3 Å². The zero-order chi connectivity index (χ0) is 14.5. The van der Waals surface area contributed by atoms with E-state index in [-0.39, 0.29) is 0 Å². The maximum Gasteiger partial charge on any atom is 0.0546 e. The number of rotatable bonds is 6. The summed E-state index contributed by atoms with van der Waals surface area (Å²) in [5.74, 6) is 0. The van der Waals surface area contributed by atoms with Crippen LogP contribution in [0, 0.1) is 5.41 Å². The van der Waals surface area contributed by atoms with Crippen LogP contribution in [0.25, 0.3) is 0 Å². The number of nitrogens with one attached hydrogen (secondary N) is 1. The molecule has 118 valence electrons. The Kier molecular flexibility index (Phi) is 5.33. The molecule has 2 aliphatic heterocycles. The van der Waals surface area contributed by atoms with Crippen LogP contribution in [0.1, 0.15) is 36.6 Å². The topological polar surface area (TPSA) is 24.5 Å². The molecular weight excluding hydrogens is 280 g/mol. The summed E-state index contributed by atoms with van der Waals surface area (Å²) in [6, 6.07) is 2.31. The Hall–Kier alpha value is -0.420. The van der Waals surface area contributed by atoms with Crippen molar-refractivity contribution in [1.82, 2.24) is 10.2 Å². The van der Waals surface area contributed by atoms with Crippen molar-refractivity contribution in [2.24, 2.45) is 5.41 Å². The molecule has 1 aromatic rings. The Morgan fingerprint density at radius 2 is 2.43 bits per heavy atom. The second kappa shape index (κ2) is 7.23. The minimum absolute atomic E-state index is 0.320. The molecule has 1 aromatic heterocycles. The summed E-state index contributed by atoms with van der Waals surface area (Å²) < 4.78 is 5.85. The first-order chi connectivity index (χ1) is 10.3. The van der Waals surface area contributed by atoms with E-state index in [2.05, 4.69) is 28.6 Å². The molecule has 0 amide bonds. The van der Waals surface area contributed by atoms with Crippen LogP contribution in [0.5, 0.6) is 0 Å². The van der Waals surface area contributed by atoms with Crippen LogP contribution < -0.4 is 5.32 Å². The van der Waals surface area contributed by atoms with Crippen molar-refractivity contribution in [3.63, 3.8) is 0 Å². The molecule has 0 aromatic carbocycles. The molecule has 0 spiro atoms. The molecule has 0 saturated carbocycles. The fourth-order valence-corrected chi connectivity index (χ4v) is 4.57. The van der Waals surface area contributed by atoms with Gasteiger partial charge < -0.3 is 10.1 Å². The monoisotopic (exact) mass is 308 g/mol. The highest BCUT2D eigenvalue weighted by Crippen LogP contribution is 2.32. The minimum Gasteiger partial charge on any atom is -0.381 e. The van der Waals surface area contributed by atoms with E-state index in [1.54, 1.807) is 10.4 Å². The first kappa shape index (κ1) is 15.5. The van der Waals surface area contributed by atoms with Crippen molar-refractivity contribution >= 4 is 11.3 Å². The van der Waals surface area contributed by atoms with Gasteiger partial charge in [0.05, 0.1) is 6.61 Å². The lowest BCUT2D eigenvalue weighted by Gasteiger charge is -2.42. The van der Waals surface area contributed by atoms with E-state index in [1.165, 1.54) is 38.8 Å². The van der Waals surface area contributed by atoms with Gasteiger partial charge in [0.25, 0.3) is 0 Å². The molecule has 1 unspecified atom stereocenters. The molecule has 0 aliphatic carbocycles. The van der Waals surface area contributed by atoms with Crippen LogP contribution in [-0.2, 0) is 17.7 Å². The van der Waals surface area contributed by atoms with E-state index in [0.29, 0.717) is 5.41 Å². The summed E-state index contributed by atoms with van der Waals surface area (Å²) in [5, 5.41) is 5.89. The van der Waals surface area contributed by atoms with Crippen LogP contribution in [0.2, 0.25) is 0 Å². The van der Waals surface area contributed by atoms with Gasteiger partial charge >= 0.3 is 0 Å². The third kappa shape index (κ3) is 3.86. The summed E-state index contributed by atoms with van der Waals surface area (Å²) in [6.45, 7) is 9.86. The molecular formula is C17H28N2OS. The Balaban J connectivity index is 1.61. The van der Waals surface area contributed by atoms with Gasteiger partial charge in [-0.25, -0.2) is 0 Å². The Morgan fingerprint density at radius 1 is 1.48 bits per heavy atom. The summed E-state index contributed by atoms with van der Waals surface area (Å²) in [4.78, 5) is 4.25. The average Bonchev–Trinajstić information content (AvgIpc) is 2.96. The second-order valence-corrected chi connectivity index (χ2v) is 7.66. The molecule has 1 atom stereocenters. The van der Waals surface area contributed by atoms with E-state index in [0.717, 1.165) is 32.8 Å². The number of hydrogen-bond donors (Lipinski definition) is 1. The van der Waals surface area contributed by atoms with Gasteiger partial charge in [0, 0.05) is 43.1 Å². The maximum absolute atomic E-state index is 5.85. The summed E-state index contributed by atoms with van der Waals surface area (Å²) in [7, 11) is 0. The van der Waals surface area contributed by atoms with Crippen LogP contribution in [0.15, 0.2) is 11.4 Å². The number of thiophene rings is 1. The van der Waals surface area contributed by atoms with Crippen LogP contribution in [-0.4, -0.2) is 44.3 Å². The normalized spacial score (nSPS) is 26.7. The fourth-order valence-electron chi connectivity index (χ4n) is 3.68. The van der Waals surface area contributed by atoms with Gasteiger partial charge in [-0.1, -0.05) is 6.92 Å². The minimum atomic E-state index is 0.320. The predicted octanol–water partition coefficient (Wildman–Crippen LogP) is 2.90. The highest BCUT2D eigenvalue weighted by atomic mass is 32.1. The lowest BCUT2D eigenvalue weighted by molar-refractivity contribution is -0.0281. The molecule has 1 N–H and O–H groups in total. The highest BCUT2D eigenvalue weighted by Gasteiger charge is 2.35. The molecule has 4 heteroatoms. The first-order valence-corrected chi connectivity index (χ1v) is 9.25. The molecule has 3 nitrogen and oxygen atoms in total. The van der Waals surface area contributed by atoms with Crippen molar-refractivity contribution in [3.05, 3.63) is 21.9 Å². The van der Waals surface area contributed by atoms with E-state index in [4.69, 9.17) is 4.74 Å². The van der Waals surface area contributed by atoms with Crippen LogP contribution in [0.3, 0.4) is 0 Å². The lowest BCUT2D eigenvalue weighted by atomic mass is 9.81. The zero-order valence-electron chi connectivity index (χ0n) is 13.2. The summed E-state index contributed by atoms with van der Waals surface area (Å²) >= 11 is 1.93. The smallest absolute Gasteiger partial charge is 0.0546 e. The first-order valence-electron chi connectivity index (χ1n) is 8.37. The summed E-state index contributed by atoms with van der Waals surface area (Å²) in [6.07, 6.45) is 4.95. The van der Waals surface area contributed by atoms with Gasteiger partial charge in [-0.15, -0.1) is 11.3 Å². The van der Waals surface area contributed by atoms with E-state index < -0.39 is 0 Å². The van der Waals surface area contributed by atoms with Gasteiger partial charge in [-0.2, -0.15) is 0 Å². The van der Waals surface area contributed by atoms with Crippen molar-refractivity contribution < 1.29 is 4.74 Å². The Bertz CT molecular complexity index is 440. The Labute approximate surface area is 132 Å². The van der Waals surface area contributed by atoms with E-state index in [1.807, 2.05) is 11.3 Å². The predicted molar refractivity (Wildman–Crippen MR) is 88.9 cm³/mol. The fraction of sp³-hybridized carbons (Fsp3) is 0.765. The zero-order valence-corrected chi connectivity index (χ0v) is 14.0. The largest absolute Gasteiger partial charge is 0.381 e. The van der Waals surface area contributed by atoms with Gasteiger partial charge in [0.2, 0.25) is 0 Å². The molecule has 3 heterocycles. The number of ether oxygens (including phenoxy) is 1. The van der Waals surface area contributed by atoms with Crippen molar-refractivity contribution in [1.29, 1.82) is 0 Å². The summed E-state index contributed by atoms with van der Waals surface area (Å²) in [5.41, 5.74) is 1.88. The maximum atomic E-state index is 5.85. The molecule has 0 bridgehead atoms. The van der Waals surface area contributed by atoms with Crippen LogP contribution in [0.4, 0.5) is 0 Å². The quantitative estimate of drug-likeness (QED) is 0.818. The molecule has 2 aliphatic rings.